The first-order valence-electron chi connectivity index (χ1n) is 13.3. The monoisotopic (exact) mass is 499 g/mol. The summed E-state index contributed by atoms with van der Waals surface area (Å²) in [6, 6.07) is 4.10. The first-order chi connectivity index (χ1) is 17.4. The van der Waals surface area contributed by atoms with Crippen molar-refractivity contribution in [3.8, 4) is 0 Å². The number of carboxylic acids is 1. The molecule has 196 valence electrons. The summed E-state index contributed by atoms with van der Waals surface area (Å²) in [5, 5.41) is 9.74. The van der Waals surface area contributed by atoms with E-state index in [1.807, 2.05) is 26.0 Å². The molecule has 1 aromatic heterocycles. The highest BCUT2D eigenvalue weighted by atomic mass is 16.5. The summed E-state index contributed by atoms with van der Waals surface area (Å²) in [6.07, 6.45) is 5.93. The average molecular weight is 500 g/mol. The summed E-state index contributed by atoms with van der Waals surface area (Å²) in [5.74, 6) is -0.240. The Kier molecular flexibility index (Phi) is 7.21. The zero-order chi connectivity index (χ0) is 25.4. The van der Waals surface area contributed by atoms with Crippen LogP contribution in [0.4, 0.5) is 10.5 Å². The highest BCUT2D eigenvalue weighted by molar-refractivity contribution is 5.95. The van der Waals surface area contributed by atoms with E-state index in [0.717, 1.165) is 66.6 Å². The van der Waals surface area contributed by atoms with Crippen LogP contribution in [0.25, 0.3) is 11.0 Å². The van der Waals surface area contributed by atoms with E-state index in [1.165, 1.54) is 7.11 Å². The second kappa shape index (κ2) is 10.4. The normalized spacial score (nSPS) is 26.0. The highest BCUT2D eigenvalue weighted by Gasteiger charge is 2.35. The number of aromatic nitrogens is 2. The van der Waals surface area contributed by atoms with Gasteiger partial charge in [-0.05, 0) is 70.9 Å². The van der Waals surface area contributed by atoms with Crippen LogP contribution in [0.2, 0.25) is 0 Å². The maximum Gasteiger partial charge on any atom is 0.414 e. The number of benzene rings is 1. The number of nitrogens with zero attached hydrogens (tertiary/aromatic N) is 3. The van der Waals surface area contributed by atoms with Crippen LogP contribution in [-0.2, 0) is 25.4 Å². The van der Waals surface area contributed by atoms with Crippen LogP contribution >= 0.6 is 0 Å². The van der Waals surface area contributed by atoms with Crippen LogP contribution in [0.15, 0.2) is 12.1 Å². The summed E-state index contributed by atoms with van der Waals surface area (Å²) in [6.45, 7) is 5.48. The lowest BCUT2D eigenvalue weighted by Crippen LogP contribution is -2.42. The van der Waals surface area contributed by atoms with E-state index in [2.05, 4.69) is 4.57 Å². The minimum atomic E-state index is -0.725. The van der Waals surface area contributed by atoms with Crippen LogP contribution in [0.5, 0.6) is 0 Å². The van der Waals surface area contributed by atoms with Gasteiger partial charge in [-0.3, -0.25) is 9.69 Å². The average Bonchev–Trinajstić information content (AvgIpc) is 3.29. The molecule has 9 heteroatoms. The largest absolute Gasteiger partial charge is 0.481 e. The topological polar surface area (TPSA) is 103 Å². The molecule has 1 saturated heterocycles. The molecule has 2 fully saturated rings. The van der Waals surface area contributed by atoms with Crippen LogP contribution < -0.4 is 4.90 Å². The number of rotatable bonds is 5. The van der Waals surface area contributed by atoms with E-state index in [0.29, 0.717) is 26.1 Å². The minimum Gasteiger partial charge on any atom is -0.481 e. The molecule has 3 aliphatic rings. The Balaban J connectivity index is 1.60. The number of methoxy groups -OCH3 is 1. The fraction of sp³-hybridized carbons (Fsp3) is 0.667. The van der Waals surface area contributed by atoms with Crippen molar-refractivity contribution in [3.05, 3.63) is 23.5 Å². The fourth-order valence-corrected chi connectivity index (χ4v) is 6.25. The number of aliphatic carboxylic acids is 1. The number of fused-ring (bicyclic) bond motifs is 3. The molecule has 0 bridgehead atoms. The van der Waals surface area contributed by atoms with Gasteiger partial charge in [-0.1, -0.05) is 6.42 Å². The lowest BCUT2D eigenvalue weighted by Gasteiger charge is -2.34. The van der Waals surface area contributed by atoms with Crippen LogP contribution in [0.3, 0.4) is 0 Å². The van der Waals surface area contributed by atoms with Gasteiger partial charge < -0.3 is 23.9 Å². The number of carbonyl (C=O) groups is 2. The van der Waals surface area contributed by atoms with Crippen LogP contribution in [-0.4, -0.2) is 59.2 Å². The number of imidazole rings is 1. The molecule has 2 aliphatic heterocycles. The molecule has 1 aromatic carbocycles. The summed E-state index contributed by atoms with van der Waals surface area (Å²) >= 11 is 0. The Hall–Kier alpha value is -2.65. The van der Waals surface area contributed by atoms with Crippen molar-refractivity contribution in [2.24, 2.45) is 5.92 Å². The molecule has 1 amide bonds. The van der Waals surface area contributed by atoms with Gasteiger partial charge in [0.1, 0.15) is 11.9 Å². The lowest BCUT2D eigenvalue weighted by molar-refractivity contribution is -0.143. The SMILES string of the molecule is COC(=O)N1c2ccc3c(nc(C(C)OC4CCOCC4)n3C3CCCC(C(=O)O)C3)c2CC[C@@H]1C. The Morgan fingerprint density at radius 2 is 1.94 bits per heavy atom. The third-order valence-corrected chi connectivity index (χ3v) is 8.14. The number of hydrogen-bond donors (Lipinski definition) is 1. The molecule has 5 rings (SSSR count). The molecular formula is C27H37N3O6. The number of aryl methyl sites for hydroxylation is 1. The molecule has 2 aromatic rings. The molecule has 1 saturated carbocycles. The Morgan fingerprint density at radius 1 is 1.17 bits per heavy atom. The standard InChI is InChI=1S/C27H37N3O6/c1-16-7-8-21-22(29(16)27(33)34-3)9-10-23-24(21)28-25(17(2)36-20-11-13-35-14-12-20)30(23)19-6-4-5-18(15-19)26(31)32/h9-10,16-20H,4-8,11-15H2,1-3H3,(H,31,32)/t16-,17?,18?,19?/m0/s1. The molecule has 3 unspecified atom stereocenters. The third kappa shape index (κ3) is 4.59. The van der Waals surface area contributed by atoms with E-state index in [9.17, 15) is 14.7 Å². The van der Waals surface area contributed by atoms with Crippen molar-refractivity contribution >= 4 is 28.8 Å². The first kappa shape index (κ1) is 25.0. The van der Waals surface area contributed by atoms with Gasteiger partial charge in [0.25, 0.3) is 0 Å². The Morgan fingerprint density at radius 3 is 2.67 bits per heavy atom. The number of ether oxygens (including phenoxy) is 3. The molecule has 9 nitrogen and oxygen atoms in total. The third-order valence-electron chi connectivity index (χ3n) is 8.14. The number of amides is 1. The molecule has 1 aliphatic carbocycles. The van der Waals surface area contributed by atoms with Crippen molar-refractivity contribution in [2.75, 3.05) is 25.2 Å². The van der Waals surface area contributed by atoms with Gasteiger partial charge in [0.15, 0.2) is 0 Å². The highest BCUT2D eigenvalue weighted by Crippen LogP contribution is 2.42. The molecule has 36 heavy (non-hydrogen) atoms. The van der Waals surface area contributed by atoms with Gasteiger partial charge in [-0.2, -0.15) is 0 Å². The summed E-state index contributed by atoms with van der Waals surface area (Å²) in [4.78, 5) is 31.4. The number of carbonyl (C=O) groups excluding carboxylic acids is 1. The predicted octanol–water partition coefficient (Wildman–Crippen LogP) is 5.02. The Labute approximate surface area is 211 Å². The Bertz CT molecular complexity index is 1120. The van der Waals surface area contributed by atoms with E-state index in [1.54, 1.807) is 4.90 Å². The summed E-state index contributed by atoms with van der Waals surface area (Å²) < 4.78 is 19.3. The van der Waals surface area contributed by atoms with Crippen molar-refractivity contribution in [1.29, 1.82) is 0 Å². The zero-order valence-corrected chi connectivity index (χ0v) is 21.4. The maximum absolute atomic E-state index is 12.6. The van der Waals surface area contributed by atoms with Gasteiger partial charge in [-0.15, -0.1) is 0 Å². The van der Waals surface area contributed by atoms with E-state index >= 15 is 0 Å². The smallest absolute Gasteiger partial charge is 0.414 e. The van der Waals surface area contributed by atoms with E-state index < -0.39 is 5.97 Å². The minimum absolute atomic E-state index is 0.0365. The van der Waals surface area contributed by atoms with Gasteiger partial charge >= 0.3 is 12.1 Å². The predicted molar refractivity (Wildman–Crippen MR) is 134 cm³/mol. The van der Waals surface area contributed by atoms with Crippen molar-refractivity contribution in [1.82, 2.24) is 9.55 Å². The number of carboxylic acid groups (broad SMARTS) is 1. The van der Waals surface area contributed by atoms with Gasteiger partial charge in [0.2, 0.25) is 0 Å². The van der Waals surface area contributed by atoms with Crippen molar-refractivity contribution < 1.29 is 28.9 Å². The first-order valence-corrected chi connectivity index (χ1v) is 13.3. The van der Waals surface area contributed by atoms with Crippen molar-refractivity contribution in [2.45, 2.75) is 89.5 Å². The molecule has 1 N–H and O–H groups in total. The molecule has 3 heterocycles. The molecule has 0 spiro atoms. The summed E-state index contributed by atoms with van der Waals surface area (Å²) in [7, 11) is 1.41. The van der Waals surface area contributed by atoms with E-state index in [-0.39, 0.29) is 36.3 Å². The second-order valence-corrected chi connectivity index (χ2v) is 10.4. The van der Waals surface area contributed by atoms with Gasteiger partial charge in [0, 0.05) is 30.9 Å². The van der Waals surface area contributed by atoms with E-state index in [4.69, 9.17) is 19.2 Å². The number of anilines is 1. The lowest BCUT2D eigenvalue weighted by atomic mass is 9.85. The molecular weight excluding hydrogens is 462 g/mol. The maximum atomic E-state index is 12.6. The van der Waals surface area contributed by atoms with Crippen molar-refractivity contribution in [3.63, 3.8) is 0 Å². The zero-order valence-electron chi connectivity index (χ0n) is 21.4. The second-order valence-electron chi connectivity index (χ2n) is 10.4. The number of hydrogen-bond acceptors (Lipinski definition) is 6. The van der Waals surface area contributed by atoms with Crippen LogP contribution in [0, 0.1) is 5.92 Å². The van der Waals surface area contributed by atoms with Gasteiger partial charge in [0.05, 0.1) is 35.9 Å². The summed E-state index contributed by atoms with van der Waals surface area (Å²) in [5.41, 5.74) is 3.75. The molecule has 4 atom stereocenters. The van der Waals surface area contributed by atoms with Crippen LogP contribution in [0.1, 0.15) is 82.3 Å². The molecule has 0 radical (unpaired) electrons. The fourth-order valence-electron chi connectivity index (χ4n) is 6.25. The van der Waals surface area contributed by atoms with Gasteiger partial charge in [-0.25, -0.2) is 9.78 Å². The quantitative estimate of drug-likeness (QED) is 0.616.